The number of halogens is 2. The number of hydrogen-bond donors (Lipinski definition) is 2. The van der Waals surface area contributed by atoms with Crippen LogP contribution in [0, 0.1) is 19.7 Å². The second-order valence-electron chi connectivity index (χ2n) is 7.28. The summed E-state index contributed by atoms with van der Waals surface area (Å²) in [6.45, 7) is 6.27. The number of ketones is 1. The van der Waals surface area contributed by atoms with Gasteiger partial charge in [0.1, 0.15) is 17.6 Å². The highest BCUT2D eigenvalue weighted by atomic mass is 35.5. The van der Waals surface area contributed by atoms with Gasteiger partial charge in [0, 0.05) is 12.8 Å². The number of aryl methyl sites for hydroxylation is 1. The van der Waals surface area contributed by atoms with Gasteiger partial charge >= 0.3 is 5.76 Å². The van der Waals surface area contributed by atoms with E-state index in [9.17, 15) is 22.4 Å². The van der Waals surface area contributed by atoms with Crippen LogP contribution in [-0.4, -0.2) is 29.4 Å². The molecule has 1 aromatic carbocycles. The number of nitrogens with one attached hydrogen (secondary N) is 2. The molecule has 0 saturated heterocycles. The predicted molar refractivity (Wildman–Crippen MR) is 114 cm³/mol. The van der Waals surface area contributed by atoms with Gasteiger partial charge in [-0.2, -0.15) is 4.72 Å². The third-order valence-electron chi connectivity index (χ3n) is 5.12. The Morgan fingerprint density at radius 2 is 1.94 bits per heavy atom. The Balaban J connectivity index is 2.11. The lowest BCUT2D eigenvalue weighted by Gasteiger charge is -2.24. The number of aromatic nitrogens is 3. The molecule has 32 heavy (non-hydrogen) atoms. The first-order chi connectivity index (χ1) is 14.9. The van der Waals surface area contributed by atoms with E-state index in [0.717, 1.165) is 11.6 Å². The van der Waals surface area contributed by atoms with E-state index in [0.29, 0.717) is 5.56 Å². The van der Waals surface area contributed by atoms with E-state index < -0.39 is 44.4 Å². The largest absolute Gasteiger partial charge is 0.434 e. The van der Waals surface area contributed by atoms with Gasteiger partial charge < -0.3 is 4.42 Å². The number of benzene rings is 1. The molecule has 3 rings (SSSR count). The molecule has 2 N–H and O–H groups in total. The maximum atomic E-state index is 14.7. The summed E-state index contributed by atoms with van der Waals surface area (Å²) in [5, 5.41) is 5.32. The third-order valence-corrected chi connectivity index (χ3v) is 6.77. The Labute approximate surface area is 188 Å². The minimum Gasteiger partial charge on any atom is -0.391 e. The van der Waals surface area contributed by atoms with Crippen LogP contribution in [0.1, 0.15) is 58.9 Å². The molecule has 0 bridgehead atoms. The summed E-state index contributed by atoms with van der Waals surface area (Å²) in [6.07, 6.45) is 0. The molecule has 0 radical (unpaired) electrons. The molecule has 170 valence electrons. The van der Waals surface area contributed by atoms with E-state index >= 15 is 0 Å². The van der Waals surface area contributed by atoms with Crippen LogP contribution in [-0.2, 0) is 10.0 Å². The molecule has 9 nitrogen and oxygen atoms in total. The minimum absolute atomic E-state index is 0.00266. The number of nitrogens with zero attached hydrogens (tertiary/aromatic N) is 2. The standard InChI is InChI=1S/C20H20ClFN4O5S/c1-9-5-7-14(22)16(10(9)2)11(3)17(19-24-25-20(28)31-19)26-32(29,30)15-8-6-13(21)18(23-15)12(4)27/h5-8,11,17,26H,1-4H3,(H,25,28)/t11-,17+/m1/s1. The smallest absolute Gasteiger partial charge is 0.391 e. The Bertz CT molecular complexity index is 1350. The molecule has 0 amide bonds. The number of sulfonamides is 1. The summed E-state index contributed by atoms with van der Waals surface area (Å²) < 4.78 is 48.3. The van der Waals surface area contributed by atoms with Gasteiger partial charge in [-0.1, -0.05) is 24.6 Å². The van der Waals surface area contributed by atoms with Crippen molar-refractivity contribution in [1.82, 2.24) is 19.9 Å². The van der Waals surface area contributed by atoms with Crippen LogP contribution in [0.2, 0.25) is 5.02 Å². The molecule has 2 atom stereocenters. The molecule has 0 aliphatic rings. The van der Waals surface area contributed by atoms with Crippen molar-refractivity contribution < 1.29 is 22.0 Å². The van der Waals surface area contributed by atoms with Crippen molar-refractivity contribution in [2.45, 2.75) is 44.7 Å². The molecular weight excluding hydrogens is 463 g/mol. The molecule has 2 aromatic heterocycles. The van der Waals surface area contributed by atoms with Crippen molar-refractivity contribution in [2.75, 3.05) is 0 Å². The van der Waals surface area contributed by atoms with Crippen molar-refractivity contribution in [1.29, 1.82) is 0 Å². The number of rotatable bonds is 7. The number of hydrogen-bond acceptors (Lipinski definition) is 7. The van der Waals surface area contributed by atoms with Crippen LogP contribution in [0.4, 0.5) is 4.39 Å². The second kappa shape index (κ2) is 8.93. The summed E-state index contributed by atoms with van der Waals surface area (Å²) in [6, 6.07) is 3.97. The van der Waals surface area contributed by atoms with Crippen LogP contribution in [0.25, 0.3) is 0 Å². The van der Waals surface area contributed by atoms with Crippen LogP contribution in [0.5, 0.6) is 0 Å². The van der Waals surface area contributed by atoms with E-state index in [1.165, 1.54) is 19.1 Å². The summed E-state index contributed by atoms with van der Waals surface area (Å²) in [5.74, 6) is -3.09. The Morgan fingerprint density at radius 3 is 2.53 bits per heavy atom. The van der Waals surface area contributed by atoms with Gasteiger partial charge in [-0.15, -0.1) is 5.10 Å². The number of H-pyrrole nitrogens is 1. The zero-order valence-corrected chi connectivity index (χ0v) is 19.1. The Hall–Kier alpha value is -2.89. The SMILES string of the molecule is CC(=O)c1nc(S(=O)(=O)N[C@H](c2n[nH]c(=O)o2)[C@H](C)c2c(F)ccc(C)c2C)ccc1Cl. The Kier molecular flexibility index (Phi) is 6.63. The van der Waals surface area contributed by atoms with Gasteiger partial charge in [-0.25, -0.2) is 27.7 Å². The molecular formula is C20H20ClFN4O5S. The maximum Gasteiger partial charge on any atom is 0.434 e. The van der Waals surface area contributed by atoms with Crippen molar-refractivity contribution in [3.8, 4) is 0 Å². The Morgan fingerprint density at radius 1 is 1.25 bits per heavy atom. The van der Waals surface area contributed by atoms with Crippen LogP contribution in [0.15, 0.2) is 38.5 Å². The van der Waals surface area contributed by atoms with Crippen LogP contribution < -0.4 is 10.5 Å². The normalized spacial score (nSPS) is 13.7. The average molecular weight is 483 g/mol. The second-order valence-corrected chi connectivity index (χ2v) is 9.35. The zero-order chi connectivity index (χ0) is 23.8. The highest BCUT2D eigenvalue weighted by Crippen LogP contribution is 2.35. The average Bonchev–Trinajstić information content (AvgIpc) is 3.15. The maximum absolute atomic E-state index is 14.7. The molecule has 3 aromatic rings. The van der Waals surface area contributed by atoms with Crippen molar-refractivity contribution in [3.05, 3.63) is 73.9 Å². The molecule has 2 heterocycles. The van der Waals surface area contributed by atoms with Gasteiger partial charge in [-0.3, -0.25) is 4.79 Å². The number of pyridine rings is 1. The number of carbonyl (C=O) groups is 1. The monoisotopic (exact) mass is 482 g/mol. The molecule has 0 saturated carbocycles. The first kappa shape index (κ1) is 23.8. The summed E-state index contributed by atoms with van der Waals surface area (Å²) in [5.41, 5.74) is 1.43. The van der Waals surface area contributed by atoms with E-state index in [2.05, 4.69) is 19.9 Å². The fourth-order valence-corrected chi connectivity index (χ4v) is 4.78. The van der Waals surface area contributed by atoms with Crippen LogP contribution in [0.3, 0.4) is 0 Å². The fourth-order valence-electron chi connectivity index (χ4n) is 3.32. The predicted octanol–water partition coefficient (Wildman–Crippen LogP) is 3.19. The van der Waals surface area contributed by atoms with Gasteiger partial charge in [-0.05, 0) is 48.7 Å². The fraction of sp³-hybridized carbons (Fsp3) is 0.300. The molecule has 0 aliphatic heterocycles. The van der Waals surface area contributed by atoms with Gasteiger partial charge in [0.2, 0.25) is 5.89 Å². The summed E-state index contributed by atoms with van der Waals surface area (Å²) >= 11 is 5.92. The molecule has 0 fully saturated rings. The van der Waals surface area contributed by atoms with E-state index in [4.69, 9.17) is 16.0 Å². The lowest BCUT2D eigenvalue weighted by atomic mass is 9.88. The van der Waals surface area contributed by atoms with Crippen LogP contribution >= 0.6 is 11.6 Å². The minimum atomic E-state index is -4.37. The topological polar surface area (TPSA) is 135 Å². The number of Topliss-reactive ketones (excluding diaryl/α,β-unsaturated/α-hetero) is 1. The van der Waals surface area contributed by atoms with Gasteiger partial charge in [0.05, 0.1) is 5.02 Å². The first-order valence-electron chi connectivity index (χ1n) is 9.43. The molecule has 0 spiro atoms. The van der Waals surface area contributed by atoms with Gasteiger partial charge in [0.15, 0.2) is 10.8 Å². The van der Waals surface area contributed by atoms with Gasteiger partial charge in [0.25, 0.3) is 10.0 Å². The highest BCUT2D eigenvalue weighted by Gasteiger charge is 2.34. The summed E-state index contributed by atoms with van der Waals surface area (Å²) in [7, 11) is -4.37. The highest BCUT2D eigenvalue weighted by molar-refractivity contribution is 7.89. The van der Waals surface area contributed by atoms with Crippen molar-refractivity contribution in [3.63, 3.8) is 0 Å². The first-order valence-corrected chi connectivity index (χ1v) is 11.3. The van der Waals surface area contributed by atoms with E-state index in [1.54, 1.807) is 26.8 Å². The molecule has 12 heteroatoms. The van der Waals surface area contributed by atoms with Crippen molar-refractivity contribution >= 4 is 27.4 Å². The van der Waals surface area contributed by atoms with E-state index in [-0.39, 0.29) is 22.2 Å². The third kappa shape index (κ3) is 4.64. The lowest BCUT2D eigenvalue weighted by molar-refractivity contribution is 0.101. The van der Waals surface area contributed by atoms with E-state index in [1.807, 2.05) is 0 Å². The number of aromatic amines is 1. The number of carbonyl (C=O) groups excluding carboxylic acids is 1. The lowest BCUT2D eigenvalue weighted by Crippen LogP contribution is -2.33. The molecule has 0 aliphatic carbocycles. The quantitative estimate of drug-likeness (QED) is 0.493. The zero-order valence-electron chi connectivity index (χ0n) is 17.6. The van der Waals surface area contributed by atoms with Crippen molar-refractivity contribution in [2.24, 2.45) is 0 Å². The summed E-state index contributed by atoms with van der Waals surface area (Å²) in [4.78, 5) is 27.1. The molecule has 0 unspecified atom stereocenters.